The Hall–Kier alpha value is -1.96. The number of hydrogen-bond donors (Lipinski definition) is 1. The summed E-state index contributed by atoms with van der Waals surface area (Å²) in [5.74, 6) is 1.79. The number of halogens is 1. The molecule has 2 aromatic rings. The molecule has 0 fully saturated rings. The molecule has 23 heavy (non-hydrogen) atoms. The highest BCUT2D eigenvalue weighted by Crippen LogP contribution is 2.40. The van der Waals surface area contributed by atoms with E-state index in [1.54, 1.807) is 39.7 Å². The van der Waals surface area contributed by atoms with Gasteiger partial charge in [0.2, 0.25) is 5.75 Å². The number of rotatable bonds is 5. The predicted octanol–water partition coefficient (Wildman–Crippen LogP) is 4.08. The molecule has 0 spiro atoms. The molecule has 0 heterocycles. The Morgan fingerprint density at radius 1 is 1.00 bits per heavy atom. The Morgan fingerprint density at radius 2 is 1.61 bits per heavy atom. The van der Waals surface area contributed by atoms with Crippen molar-refractivity contribution in [1.29, 1.82) is 0 Å². The lowest BCUT2D eigenvalue weighted by molar-refractivity contribution is 0.324. The van der Waals surface area contributed by atoms with Crippen molar-refractivity contribution in [3.63, 3.8) is 0 Å². The Labute approximate surface area is 149 Å². The lowest BCUT2D eigenvalue weighted by atomic mass is 10.1. The molecule has 2 rings (SSSR count). The van der Waals surface area contributed by atoms with Gasteiger partial charge in [-0.25, -0.2) is 0 Å². The van der Waals surface area contributed by atoms with Gasteiger partial charge in [0.25, 0.3) is 0 Å². The molecule has 6 heteroatoms. The number of nitrogens with zero attached hydrogens (tertiary/aromatic N) is 1. The second-order valence-corrected chi connectivity index (χ2v) is 5.99. The zero-order valence-electron chi connectivity index (χ0n) is 13.4. The van der Waals surface area contributed by atoms with Crippen LogP contribution >= 0.6 is 22.6 Å². The maximum atomic E-state index is 10.1. The predicted molar refractivity (Wildman–Crippen MR) is 98.9 cm³/mol. The number of phenols is 1. The zero-order chi connectivity index (χ0) is 17.0. The van der Waals surface area contributed by atoms with Gasteiger partial charge in [-0.1, -0.05) is 0 Å². The Bertz CT molecular complexity index is 719. The van der Waals surface area contributed by atoms with Gasteiger partial charge in [-0.2, -0.15) is 0 Å². The molecule has 5 nitrogen and oxygen atoms in total. The summed E-state index contributed by atoms with van der Waals surface area (Å²) in [5.41, 5.74) is 2.34. The van der Waals surface area contributed by atoms with Gasteiger partial charge in [-0.15, -0.1) is 0 Å². The lowest BCUT2D eigenvalue weighted by Crippen LogP contribution is -1.94. The van der Waals surface area contributed by atoms with Gasteiger partial charge in [-0.05, 0) is 47.2 Å². The van der Waals surface area contributed by atoms with Crippen molar-refractivity contribution < 1.29 is 19.3 Å². The standard InChI is InChI=1S/C17H18INO4/c1-10-5-11(16(20)13(18)6-10)9-19-12-7-14(21-2)17(23-4)15(8-12)22-3/h5-9,20H,1-4H3. The smallest absolute Gasteiger partial charge is 0.203 e. The van der Waals surface area contributed by atoms with Crippen LogP contribution in [0.4, 0.5) is 5.69 Å². The van der Waals surface area contributed by atoms with Gasteiger partial charge in [-0.3, -0.25) is 4.99 Å². The summed E-state index contributed by atoms with van der Waals surface area (Å²) in [4.78, 5) is 4.41. The van der Waals surface area contributed by atoms with Crippen molar-refractivity contribution in [2.24, 2.45) is 4.99 Å². The number of phenolic OH excluding ortho intramolecular Hbond substituents is 1. The van der Waals surface area contributed by atoms with Crippen LogP contribution in [0.1, 0.15) is 11.1 Å². The number of ether oxygens (including phenoxy) is 3. The van der Waals surface area contributed by atoms with Crippen LogP contribution in [0.25, 0.3) is 0 Å². The monoisotopic (exact) mass is 427 g/mol. The second kappa shape index (κ2) is 7.54. The fourth-order valence-corrected chi connectivity index (χ4v) is 2.95. The molecule has 122 valence electrons. The SMILES string of the molecule is COc1cc(N=Cc2cc(C)cc(I)c2O)cc(OC)c1OC. The molecule has 0 aromatic heterocycles. The van der Waals surface area contributed by atoms with Gasteiger partial charge in [0.1, 0.15) is 5.75 Å². The number of aryl methyl sites for hydroxylation is 1. The molecule has 0 amide bonds. The molecule has 0 aliphatic rings. The number of hydrogen-bond acceptors (Lipinski definition) is 5. The number of benzene rings is 2. The van der Waals surface area contributed by atoms with Crippen LogP contribution in [-0.4, -0.2) is 32.7 Å². The van der Waals surface area contributed by atoms with Gasteiger partial charge in [0.05, 0.1) is 30.6 Å². The van der Waals surface area contributed by atoms with E-state index in [0.717, 1.165) is 9.13 Å². The molecule has 0 saturated heterocycles. The lowest BCUT2D eigenvalue weighted by Gasteiger charge is -2.12. The first-order valence-electron chi connectivity index (χ1n) is 6.83. The molecule has 0 unspecified atom stereocenters. The number of aliphatic imine (C=N–C) groups is 1. The molecule has 0 bridgehead atoms. The van der Waals surface area contributed by atoms with Crippen molar-refractivity contribution >= 4 is 34.5 Å². The van der Waals surface area contributed by atoms with Gasteiger partial charge in [0.15, 0.2) is 11.5 Å². The highest BCUT2D eigenvalue weighted by Gasteiger charge is 2.13. The van der Waals surface area contributed by atoms with Crippen LogP contribution in [0, 0.1) is 10.5 Å². The van der Waals surface area contributed by atoms with Crippen LogP contribution in [0.2, 0.25) is 0 Å². The van der Waals surface area contributed by atoms with Crippen LogP contribution in [0.3, 0.4) is 0 Å². The first kappa shape index (κ1) is 17.4. The minimum Gasteiger partial charge on any atom is -0.506 e. The largest absolute Gasteiger partial charge is 0.506 e. The van der Waals surface area contributed by atoms with Crippen LogP contribution in [-0.2, 0) is 0 Å². The normalized spacial score (nSPS) is 10.8. The van der Waals surface area contributed by atoms with Crippen molar-refractivity contribution in [1.82, 2.24) is 0 Å². The van der Waals surface area contributed by atoms with Gasteiger partial charge >= 0.3 is 0 Å². The molecule has 0 saturated carbocycles. The van der Waals surface area contributed by atoms with E-state index in [4.69, 9.17) is 14.2 Å². The van der Waals surface area contributed by atoms with Crippen LogP contribution in [0.5, 0.6) is 23.0 Å². The maximum Gasteiger partial charge on any atom is 0.203 e. The minimum absolute atomic E-state index is 0.215. The molecule has 1 N–H and O–H groups in total. The average molecular weight is 427 g/mol. The summed E-state index contributed by atoms with van der Waals surface area (Å²) in [6, 6.07) is 7.27. The summed E-state index contributed by atoms with van der Waals surface area (Å²) >= 11 is 2.09. The topological polar surface area (TPSA) is 60.3 Å². The summed E-state index contributed by atoms with van der Waals surface area (Å²) in [7, 11) is 4.66. The summed E-state index contributed by atoms with van der Waals surface area (Å²) in [6.45, 7) is 1.97. The van der Waals surface area contributed by atoms with E-state index in [0.29, 0.717) is 28.5 Å². The van der Waals surface area contributed by atoms with Crippen molar-refractivity contribution in [3.05, 3.63) is 39.0 Å². The molecular formula is C17H18INO4. The first-order valence-corrected chi connectivity index (χ1v) is 7.91. The third kappa shape index (κ3) is 3.87. The van der Waals surface area contributed by atoms with E-state index >= 15 is 0 Å². The molecule has 0 atom stereocenters. The van der Waals surface area contributed by atoms with E-state index < -0.39 is 0 Å². The van der Waals surface area contributed by atoms with E-state index in [2.05, 4.69) is 27.6 Å². The van der Waals surface area contributed by atoms with E-state index in [1.807, 2.05) is 19.1 Å². The van der Waals surface area contributed by atoms with E-state index in [9.17, 15) is 5.11 Å². The molecule has 0 aliphatic heterocycles. The number of methoxy groups -OCH3 is 3. The third-order valence-corrected chi connectivity index (χ3v) is 4.06. The summed E-state index contributed by atoms with van der Waals surface area (Å²) < 4.78 is 16.7. The highest BCUT2D eigenvalue weighted by molar-refractivity contribution is 14.1. The highest BCUT2D eigenvalue weighted by atomic mass is 127. The minimum atomic E-state index is 0.215. The van der Waals surface area contributed by atoms with Gasteiger partial charge < -0.3 is 19.3 Å². The third-order valence-electron chi connectivity index (χ3n) is 3.24. The van der Waals surface area contributed by atoms with Gasteiger partial charge in [0, 0.05) is 23.9 Å². The fraction of sp³-hybridized carbons (Fsp3) is 0.235. The van der Waals surface area contributed by atoms with Crippen molar-refractivity contribution in [3.8, 4) is 23.0 Å². The molecule has 0 aliphatic carbocycles. The average Bonchev–Trinajstić information content (AvgIpc) is 2.55. The Kier molecular flexibility index (Phi) is 5.70. The Morgan fingerprint density at radius 3 is 2.13 bits per heavy atom. The number of aromatic hydroxyl groups is 1. The van der Waals surface area contributed by atoms with Crippen LogP contribution < -0.4 is 14.2 Å². The summed E-state index contributed by atoms with van der Waals surface area (Å²) in [6.07, 6.45) is 1.62. The van der Waals surface area contributed by atoms with Crippen molar-refractivity contribution in [2.45, 2.75) is 6.92 Å². The Balaban J connectivity index is 2.44. The van der Waals surface area contributed by atoms with E-state index in [1.165, 1.54) is 0 Å². The summed E-state index contributed by atoms with van der Waals surface area (Å²) in [5, 5.41) is 10.1. The second-order valence-electron chi connectivity index (χ2n) is 4.83. The molecule has 2 aromatic carbocycles. The van der Waals surface area contributed by atoms with Crippen molar-refractivity contribution in [2.75, 3.05) is 21.3 Å². The first-order chi connectivity index (χ1) is 11.0. The quantitative estimate of drug-likeness (QED) is 0.577. The fourth-order valence-electron chi connectivity index (χ4n) is 2.15. The maximum absolute atomic E-state index is 10.1. The van der Waals surface area contributed by atoms with Crippen LogP contribution in [0.15, 0.2) is 29.3 Å². The molecule has 0 radical (unpaired) electrons. The zero-order valence-corrected chi connectivity index (χ0v) is 15.5. The molecular weight excluding hydrogens is 409 g/mol. The van der Waals surface area contributed by atoms with E-state index in [-0.39, 0.29) is 5.75 Å².